The van der Waals surface area contributed by atoms with Crippen molar-refractivity contribution < 1.29 is 0 Å². The van der Waals surface area contributed by atoms with E-state index in [0.717, 1.165) is 5.82 Å². The van der Waals surface area contributed by atoms with Crippen molar-refractivity contribution in [2.75, 3.05) is 0 Å². The number of nitrogens with one attached hydrogen (secondary N) is 1. The summed E-state index contributed by atoms with van der Waals surface area (Å²) < 4.78 is 0. The fourth-order valence-electron chi connectivity index (χ4n) is 1.61. The van der Waals surface area contributed by atoms with Crippen LogP contribution in [0, 0.1) is 17.2 Å². The van der Waals surface area contributed by atoms with Gasteiger partial charge in [0.15, 0.2) is 0 Å². The second-order valence-electron chi connectivity index (χ2n) is 3.27. The van der Waals surface area contributed by atoms with Gasteiger partial charge in [-0.25, -0.2) is 4.98 Å². The summed E-state index contributed by atoms with van der Waals surface area (Å²) in [6.07, 6.45) is 7.11. The van der Waals surface area contributed by atoms with E-state index in [2.05, 4.69) is 16.0 Å². The molecule has 12 heavy (non-hydrogen) atoms. The fraction of sp³-hybridized carbons (Fsp3) is 0.556. The van der Waals surface area contributed by atoms with Crippen molar-refractivity contribution in [3.8, 4) is 6.07 Å². The van der Waals surface area contributed by atoms with Crippen LogP contribution in [0.1, 0.15) is 31.0 Å². The Morgan fingerprint density at radius 3 is 2.92 bits per heavy atom. The van der Waals surface area contributed by atoms with Crippen molar-refractivity contribution in [3.63, 3.8) is 0 Å². The van der Waals surface area contributed by atoms with Crippen LogP contribution in [-0.2, 0) is 0 Å². The van der Waals surface area contributed by atoms with Gasteiger partial charge < -0.3 is 4.98 Å². The molecule has 1 aliphatic rings. The van der Waals surface area contributed by atoms with Crippen LogP contribution in [0.3, 0.4) is 0 Å². The Balaban J connectivity index is 2.14. The van der Waals surface area contributed by atoms with Crippen LogP contribution in [-0.4, -0.2) is 9.97 Å². The lowest BCUT2D eigenvalue weighted by atomic mass is 9.76. The maximum absolute atomic E-state index is 8.92. The molecular weight excluding hydrogens is 150 g/mol. The van der Waals surface area contributed by atoms with E-state index in [1.165, 1.54) is 19.3 Å². The molecule has 3 nitrogen and oxygen atoms in total. The normalized spacial score (nSPS) is 19.6. The van der Waals surface area contributed by atoms with E-state index in [1.807, 2.05) is 0 Å². The van der Waals surface area contributed by atoms with Gasteiger partial charge in [-0.15, -0.1) is 0 Å². The molecule has 1 N–H and O–H groups in total. The molecule has 0 radical (unpaired) electrons. The molecule has 1 fully saturated rings. The highest BCUT2D eigenvalue weighted by atomic mass is 14.9. The Morgan fingerprint density at radius 1 is 1.67 bits per heavy atom. The summed E-state index contributed by atoms with van der Waals surface area (Å²) >= 11 is 0. The first-order valence-corrected chi connectivity index (χ1v) is 4.30. The lowest BCUT2D eigenvalue weighted by Gasteiger charge is -2.28. The van der Waals surface area contributed by atoms with Gasteiger partial charge in [0.25, 0.3) is 0 Å². The van der Waals surface area contributed by atoms with Gasteiger partial charge in [0.2, 0.25) is 0 Å². The van der Waals surface area contributed by atoms with Crippen LogP contribution < -0.4 is 0 Å². The number of H-pyrrole nitrogens is 1. The standard InChI is InChI=1S/C9H11N3/c10-6-8(7-2-1-3-7)9-11-4-5-12-9/h4-5,7-8H,1-3H2,(H,11,12). The second-order valence-corrected chi connectivity index (χ2v) is 3.27. The molecule has 0 bridgehead atoms. The van der Waals surface area contributed by atoms with E-state index in [-0.39, 0.29) is 5.92 Å². The topological polar surface area (TPSA) is 52.5 Å². The van der Waals surface area contributed by atoms with Crippen LogP contribution in [0.4, 0.5) is 0 Å². The van der Waals surface area contributed by atoms with E-state index in [0.29, 0.717) is 5.92 Å². The first kappa shape index (κ1) is 7.35. The first-order chi connectivity index (χ1) is 5.92. The maximum Gasteiger partial charge on any atom is 0.123 e. The summed E-state index contributed by atoms with van der Waals surface area (Å²) in [5, 5.41) is 8.92. The van der Waals surface area contributed by atoms with Crippen LogP contribution in [0.5, 0.6) is 0 Å². The van der Waals surface area contributed by atoms with Gasteiger partial charge in [0.1, 0.15) is 11.7 Å². The van der Waals surface area contributed by atoms with E-state index >= 15 is 0 Å². The summed E-state index contributed by atoms with van der Waals surface area (Å²) in [5.74, 6) is 1.37. The monoisotopic (exact) mass is 161 g/mol. The molecule has 0 saturated heterocycles. The Kier molecular flexibility index (Phi) is 1.83. The Bertz CT molecular complexity index is 279. The highest BCUT2D eigenvalue weighted by Gasteiger charge is 2.29. The van der Waals surface area contributed by atoms with Crippen molar-refractivity contribution in [2.45, 2.75) is 25.2 Å². The molecule has 62 valence electrons. The van der Waals surface area contributed by atoms with Crippen LogP contribution in [0.25, 0.3) is 0 Å². The molecule has 1 unspecified atom stereocenters. The van der Waals surface area contributed by atoms with Gasteiger partial charge >= 0.3 is 0 Å². The van der Waals surface area contributed by atoms with E-state index in [9.17, 15) is 0 Å². The average Bonchev–Trinajstić information content (AvgIpc) is 2.47. The molecule has 2 rings (SSSR count). The molecule has 3 heteroatoms. The van der Waals surface area contributed by atoms with Crippen LogP contribution in [0.15, 0.2) is 12.4 Å². The van der Waals surface area contributed by atoms with Crippen LogP contribution >= 0.6 is 0 Å². The van der Waals surface area contributed by atoms with Crippen molar-refractivity contribution >= 4 is 0 Å². The summed E-state index contributed by atoms with van der Waals surface area (Å²) in [7, 11) is 0. The SMILES string of the molecule is N#CC(c1ncc[nH]1)C1CCC1. The van der Waals surface area contributed by atoms with Gasteiger partial charge in [0, 0.05) is 12.4 Å². The third kappa shape index (κ3) is 1.10. The number of aromatic nitrogens is 2. The summed E-state index contributed by atoms with van der Waals surface area (Å²) in [6.45, 7) is 0. The largest absolute Gasteiger partial charge is 0.347 e. The molecule has 1 saturated carbocycles. The lowest BCUT2D eigenvalue weighted by molar-refractivity contribution is 0.287. The Morgan fingerprint density at radius 2 is 2.50 bits per heavy atom. The zero-order valence-electron chi connectivity index (χ0n) is 6.83. The maximum atomic E-state index is 8.92. The predicted octanol–water partition coefficient (Wildman–Crippen LogP) is 1.82. The van der Waals surface area contributed by atoms with E-state index in [1.54, 1.807) is 12.4 Å². The smallest absolute Gasteiger partial charge is 0.123 e. The first-order valence-electron chi connectivity index (χ1n) is 4.30. The highest BCUT2D eigenvalue weighted by molar-refractivity contribution is 5.11. The number of nitrogens with zero attached hydrogens (tertiary/aromatic N) is 2. The number of rotatable bonds is 2. The molecule has 0 aliphatic heterocycles. The van der Waals surface area contributed by atoms with Crippen molar-refractivity contribution in [1.82, 2.24) is 9.97 Å². The molecule has 0 amide bonds. The zero-order chi connectivity index (χ0) is 8.39. The number of aromatic amines is 1. The quantitative estimate of drug-likeness (QED) is 0.719. The Hall–Kier alpha value is -1.30. The minimum absolute atomic E-state index is 0.00579. The van der Waals surface area contributed by atoms with Gasteiger partial charge in [0.05, 0.1) is 6.07 Å². The predicted molar refractivity (Wildman–Crippen MR) is 44.3 cm³/mol. The van der Waals surface area contributed by atoms with Gasteiger partial charge in [-0.3, -0.25) is 0 Å². The van der Waals surface area contributed by atoms with E-state index < -0.39 is 0 Å². The number of hydrogen-bond donors (Lipinski definition) is 1. The van der Waals surface area contributed by atoms with Crippen molar-refractivity contribution in [1.29, 1.82) is 5.26 Å². The molecule has 0 spiro atoms. The third-order valence-electron chi connectivity index (χ3n) is 2.57. The van der Waals surface area contributed by atoms with Gasteiger partial charge in [-0.1, -0.05) is 6.42 Å². The van der Waals surface area contributed by atoms with E-state index in [4.69, 9.17) is 5.26 Å². The number of imidazole rings is 1. The molecule has 1 aromatic rings. The lowest BCUT2D eigenvalue weighted by Crippen LogP contribution is -2.20. The minimum atomic E-state index is -0.00579. The summed E-state index contributed by atoms with van der Waals surface area (Å²) in [6, 6.07) is 2.31. The van der Waals surface area contributed by atoms with Crippen molar-refractivity contribution in [3.05, 3.63) is 18.2 Å². The van der Waals surface area contributed by atoms with Crippen molar-refractivity contribution in [2.24, 2.45) is 5.92 Å². The molecule has 1 heterocycles. The minimum Gasteiger partial charge on any atom is -0.347 e. The molecular formula is C9H11N3. The third-order valence-corrected chi connectivity index (χ3v) is 2.57. The van der Waals surface area contributed by atoms with Gasteiger partial charge in [-0.2, -0.15) is 5.26 Å². The average molecular weight is 161 g/mol. The Labute approximate surface area is 71.4 Å². The summed E-state index contributed by atoms with van der Waals surface area (Å²) in [5.41, 5.74) is 0. The highest BCUT2D eigenvalue weighted by Crippen LogP contribution is 2.37. The van der Waals surface area contributed by atoms with Crippen LogP contribution in [0.2, 0.25) is 0 Å². The number of hydrogen-bond acceptors (Lipinski definition) is 2. The number of nitriles is 1. The molecule has 0 aromatic carbocycles. The summed E-state index contributed by atoms with van der Waals surface area (Å²) in [4.78, 5) is 7.12. The molecule has 1 aliphatic carbocycles. The molecule has 1 aromatic heterocycles. The second kappa shape index (κ2) is 2.98. The zero-order valence-corrected chi connectivity index (χ0v) is 6.83. The fourth-order valence-corrected chi connectivity index (χ4v) is 1.61. The van der Waals surface area contributed by atoms with Gasteiger partial charge in [-0.05, 0) is 18.8 Å². The molecule has 1 atom stereocenters.